The quantitative estimate of drug-likeness (QED) is 0.786. The van der Waals surface area contributed by atoms with Crippen LogP contribution in [0.5, 0.6) is 0 Å². The smallest absolute Gasteiger partial charge is 0.326 e. The highest BCUT2D eigenvalue weighted by Gasteiger charge is 2.33. The molecule has 1 aromatic carbocycles. The summed E-state index contributed by atoms with van der Waals surface area (Å²) in [6, 6.07) is 4.34. The van der Waals surface area contributed by atoms with Gasteiger partial charge < -0.3 is 10.0 Å². The number of carboxylic acid groups (broad SMARTS) is 1. The van der Waals surface area contributed by atoms with E-state index in [1.165, 1.54) is 4.90 Å². The zero-order valence-corrected chi connectivity index (χ0v) is 13.0. The van der Waals surface area contributed by atoms with Crippen LogP contribution in [0.1, 0.15) is 29.6 Å². The van der Waals surface area contributed by atoms with Crippen molar-refractivity contribution in [1.29, 1.82) is 0 Å². The number of carbonyl (C=O) groups excluding carboxylic acids is 1. The molecular weight excluding hydrogens is 381 g/mol. The van der Waals surface area contributed by atoms with Crippen LogP contribution >= 0.6 is 34.2 Å². The maximum Gasteiger partial charge on any atom is 0.326 e. The van der Waals surface area contributed by atoms with E-state index in [0.717, 1.165) is 16.4 Å². The summed E-state index contributed by atoms with van der Waals surface area (Å²) in [5.74, 6) is -1.19. The van der Waals surface area contributed by atoms with Crippen molar-refractivity contribution in [3.63, 3.8) is 0 Å². The van der Waals surface area contributed by atoms with Gasteiger partial charge in [0.15, 0.2) is 0 Å². The molecular formula is C13H13ClINO3. The number of nitrogens with zero attached hydrogens (tertiary/aromatic N) is 1. The number of carbonyl (C=O) groups is 2. The Labute approximate surface area is 129 Å². The van der Waals surface area contributed by atoms with Crippen molar-refractivity contribution in [1.82, 2.24) is 4.90 Å². The molecule has 0 spiro atoms. The molecule has 0 radical (unpaired) electrons. The summed E-state index contributed by atoms with van der Waals surface area (Å²) in [6.45, 7) is 0.485. The van der Waals surface area contributed by atoms with Crippen molar-refractivity contribution in [2.75, 3.05) is 6.54 Å². The van der Waals surface area contributed by atoms with Gasteiger partial charge in [0.25, 0.3) is 5.91 Å². The van der Waals surface area contributed by atoms with Gasteiger partial charge in [0, 0.05) is 15.1 Å². The first-order valence-corrected chi connectivity index (χ1v) is 7.45. The molecule has 1 saturated heterocycles. The fraction of sp³-hybridized carbons (Fsp3) is 0.385. The number of piperidine rings is 1. The van der Waals surface area contributed by atoms with Crippen LogP contribution < -0.4 is 0 Å². The largest absolute Gasteiger partial charge is 0.480 e. The molecule has 1 N–H and O–H groups in total. The zero-order chi connectivity index (χ0) is 14.0. The minimum absolute atomic E-state index is 0.251. The van der Waals surface area contributed by atoms with E-state index in [-0.39, 0.29) is 5.91 Å². The number of carboxylic acids is 1. The second-order valence-electron chi connectivity index (χ2n) is 4.47. The van der Waals surface area contributed by atoms with Crippen molar-refractivity contribution < 1.29 is 14.7 Å². The molecule has 102 valence electrons. The Bertz CT molecular complexity index is 521. The van der Waals surface area contributed by atoms with E-state index in [1.54, 1.807) is 18.2 Å². The van der Waals surface area contributed by atoms with Crippen LogP contribution in [0, 0.1) is 3.57 Å². The average molecular weight is 394 g/mol. The lowest BCUT2D eigenvalue weighted by atomic mass is 10.0. The lowest BCUT2D eigenvalue weighted by Crippen LogP contribution is -2.48. The maximum absolute atomic E-state index is 12.5. The fourth-order valence-electron chi connectivity index (χ4n) is 2.25. The molecule has 6 heteroatoms. The molecule has 0 aliphatic carbocycles. The van der Waals surface area contributed by atoms with Crippen molar-refractivity contribution in [3.8, 4) is 0 Å². The first kappa shape index (κ1) is 14.6. The molecule has 19 heavy (non-hydrogen) atoms. The molecule has 1 aliphatic heterocycles. The Morgan fingerprint density at radius 3 is 2.79 bits per heavy atom. The monoisotopic (exact) mass is 393 g/mol. The number of halogens is 2. The number of hydrogen-bond acceptors (Lipinski definition) is 2. The van der Waals surface area contributed by atoms with Crippen LogP contribution in [0.25, 0.3) is 0 Å². The molecule has 1 atom stereocenters. The first-order valence-electron chi connectivity index (χ1n) is 5.99. The lowest BCUT2D eigenvalue weighted by Gasteiger charge is -2.33. The molecule has 1 aromatic rings. The number of rotatable bonds is 2. The number of aliphatic carboxylic acids is 1. The number of amides is 1. The van der Waals surface area contributed by atoms with E-state index in [0.29, 0.717) is 23.6 Å². The summed E-state index contributed by atoms with van der Waals surface area (Å²) < 4.78 is 0.779. The number of likely N-dealkylation sites (tertiary alicyclic amines) is 1. The molecule has 0 saturated carbocycles. The van der Waals surface area contributed by atoms with Crippen LogP contribution in [0.4, 0.5) is 0 Å². The first-order chi connectivity index (χ1) is 9.00. The second-order valence-corrected chi connectivity index (χ2v) is 6.07. The minimum atomic E-state index is -0.940. The van der Waals surface area contributed by atoms with Crippen LogP contribution in [0.2, 0.25) is 5.02 Å². The molecule has 2 rings (SSSR count). The molecule has 0 aromatic heterocycles. The molecule has 1 amide bonds. The second kappa shape index (κ2) is 6.09. The normalized spacial score (nSPS) is 19.3. The third-order valence-electron chi connectivity index (χ3n) is 3.21. The highest BCUT2D eigenvalue weighted by molar-refractivity contribution is 14.1. The van der Waals surface area contributed by atoms with Gasteiger partial charge in [0.1, 0.15) is 6.04 Å². The van der Waals surface area contributed by atoms with E-state index in [9.17, 15) is 14.7 Å². The summed E-state index contributed by atoms with van der Waals surface area (Å²) in [7, 11) is 0. The van der Waals surface area contributed by atoms with Gasteiger partial charge in [-0.3, -0.25) is 4.79 Å². The summed E-state index contributed by atoms with van der Waals surface area (Å²) in [4.78, 5) is 25.2. The SMILES string of the molecule is O=C(O)[C@@H]1CCCCN1C(=O)c1cc(Cl)ccc1I. The fourth-order valence-corrected chi connectivity index (χ4v) is 2.99. The minimum Gasteiger partial charge on any atom is -0.480 e. The van der Waals surface area contributed by atoms with Crippen LogP contribution in [0.3, 0.4) is 0 Å². The Morgan fingerprint density at radius 1 is 1.37 bits per heavy atom. The Kier molecular flexibility index (Phi) is 4.67. The molecule has 1 fully saturated rings. The Balaban J connectivity index is 2.31. The molecule has 1 heterocycles. The zero-order valence-electron chi connectivity index (χ0n) is 10.1. The summed E-state index contributed by atoms with van der Waals surface area (Å²) in [5, 5.41) is 9.69. The van der Waals surface area contributed by atoms with Gasteiger partial charge in [0.05, 0.1) is 5.56 Å². The van der Waals surface area contributed by atoms with E-state index < -0.39 is 12.0 Å². The highest BCUT2D eigenvalue weighted by atomic mass is 127. The third-order valence-corrected chi connectivity index (χ3v) is 4.38. The Hall–Kier alpha value is -0.820. The van der Waals surface area contributed by atoms with Crippen LogP contribution in [-0.2, 0) is 4.79 Å². The van der Waals surface area contributed by atoms with E-state index >= 15 is 0 Å². The third kappa shape index (κ3) is 3.20. The lowest BCUT2D eigenvalue weighted by molar-refractivity contribution is -0.143. The van der Waals surface area contributed by atoms with Gasteiger partial charge in [-0.15, -0.1) is 0 Å². The molecule has 0 unspecified atom stereocenters. The van der Waals surface area contributed by atoms with E-state index in [4.69, 9.17) is 11.6 Å². The van der Waals surface area contributed by atoms with E-state index in [1.807, 2.05) is 0 Å². The molecule has 0 bridgehead atoms. The summed E-state index contributed by atoms with van der Waals surface area (Å²) >= 11 is 7.97. The van der Waals surface area contributed by atoms with E-state index in [2.05, 4.69) is 22.6 Å². The van der Waals surface area contributed by atoms with Crippen molar-refractivity contribution in [2.45, 2.75) is 25.3 Å². The standard InChI is InChI=1S/C13H13ClINO3/c14-8-4-5-10(15)9(7-8)12(17)16-6-2-1-3-11(16)13(18)19/h4-5,7,11H,1-3,6H2,(H,18,19)/t11-/m0/s1. The maximum atomic E-state index is 12.5. The topological polar surface area (TPSA) is 57.6 Å². The van der Waals surface area contributed by atoms with Gasteiger partial charge in [-0.2, -0.15) is 0 Å². The van der Waals surface area contributed by atoms with Crippen molar-refractivity contribution in [3.05, 3.63) is 32.4 Å². The van der Waals surface area contributed by atoms with Crippen LogP contribution in [0.15, 0.2) is 18.2 Å². The van der Waals surface area contributed by atoms with Gasteiger partial charge >= 0.3 is 5.97 Å². The van der Waals surface area contributed by atoms with Gasteiger partial charge in [0.2, 0.25) is 0 Å². The van der Waals surface area contributed by atoms with Gasteiger partial charge in [-0.25, -0.2) is 4.79 Å². The van der Waals surface area contributed by atoms with Gasteiger partial charge in [-0.1, -0.05) is 11.6 Å². The molecule has 1 aliphatic rings. The molecule has 4 nitrogen and oxygen atoms in total. The van der Waals surface area contributed by atoms with Crippen molar-refractivity contribution in [2.24, 2.45) is 0 Å². The highest BCUT2D eigenvalue weighted by Crippen LogP contribution is 2.24. The summed E-state index contributed by atoms with van der Waals surface area (Å²) in [5.41, 5.74) is 0.473. The van der Waals surface area contributed by atoms with Crippen LogP contribution in [-0.4, -0.2) is 34.5 Å². The van der Waals surface area contributed by atoms with Gasteiger partial charge in [-0.05, 0) is 60.1 Å². The average Bonchev–Trinajstić information content (AvgIpc) is 2.40. The number of hydrogen-bond donors (Lipinski definition) is 1. The predicted molar refractivity (Wildman–Crippen MR) is 80.5 cm³/mol. The predicted octanol–water partition coefficient (Wildman–Crippen LogP) is 3.02. The van der Waals surface area contributed by atoms with Crippen molar-refractivity contribution >= 4 is 46.1 Å². The number of benzene rings is 1. The summed E-state index contributed by atoms with van der Waals surface area (Å²) in [6.07, 6.45) is 2.19. The Morgan fingerprint density at radius 2 is 2.11 bits per heavy atom.